The average molecular weight is 303 g/mol. The van der Waals surface area contributed by atoms with E-state index >= 15 is 0 Å². The van der Waals surface area contributed by atoms with Crippen molar-refractivity contribution in [2.24, 2.45) is 0 Å². The third-order valence-electron chi connectivity index (χ3n) is 3.78. The first-order chi connectivity index (χ1) is 10.5. The zero-order valence-corrected chi connectivity index (χ0v) is 12.2. The minimum Gasteiger partial charge on any atom is -0.347 e. The van der Waals surface area contributed by atoms with Crippen LogP contribution in [0.1, 0.15) is 18.9 Å². The van der Waals surface area contributed by atoms with Crippen molar-refractivity contribution >= 4 is 10.9 Å². The molecule has 0 radical (unpaired) electrons. The molecule has 0 saturated carbocycles. The lowest BCUT2D eigenvalue weighted by Crippen LogP contribution is -2.06. The van der Waals surface area contributed by atoms with Crippen molar-refractivity contribution in [2.45, 2.75) is 26.1 Å². The molecule has 0 spiro atoms. The summed E-state index contributed by atoms with van der Waals surface area (Å²) in [5, 5.41) is 1.04. The summed E-state index contributed by atoms with van der Waals surface area (Å²) in [6.07, 6.45) is -1.39. The van der Waals surface area contributed by atoms with E-state index in [1.807, 2.05) is 24.4 Å². The highest BCUT2D eigenvalue weighted by molar-refractivity contribution is 5.86. The monoisotopic (exact) mass is 303 g/mol. The van der Waals surface area contributed by atoms with Crippen molar-refractivity contribution in [1.29, 1.82) is 0 Å². The number of aromatic nitrogens is 1. The second-order valence-electron chi connectivity index (χ2n) is 5.33. The van der Waals surface area contributed by atoms with Crippen LogP contribution < -0.4 is 0 Å². The molecule has 1 heterocycles. The molecule has 0 saturated heterocycles. The minimum atomic E-state index is -4.35. The van der Waals surface area contributed by atoms with Crippen LogP contribution in [0.4, 0.5) is 13.2 Å². The van der Waals surface area contributed by atoms with Gasteiger partial charge in [0.05, 0.1) is 5.56 Å². The zero-order chi connectivity index (χ0) is 15.7. The molecule has 0 aliphatic carbocycles. The van der Waals surface area contributed by atoms with Gasteiger partial charge in [0.2, 0.25) is 0 Å². The highest BCUT2D eigenvalue weighted by Crippen LogP contribution is 2.37. The van der Waals surface area contributed by atoms with E-state index in [1.165, 1.54) is 12.1 Å². The second kappa shape index (κ2) is 5.52. The van der Waals surface area contributed by atoms with Crippen molar-refractivity contribution in [3.8, 4) is 11.1 Å². The summed E-state index contributed by atoms with van der Waals surface area (Å²) in [6, 6.07) is 13.2. The normalized spacial score (nSPS) is 12.0. The van der Waals surface area contributed by atoms with Crippen molar-refractivity contribution in [3.63, 3.8) is 0 Å². The molecule has 0 atom stereocenters. The molecule has 0 amide bonds. The summed E-state index contributed by atoms with van der Waals surface area (Å²) >= 11 is 0. The summed E-state index contributed by atoms with van der Waals surface area (Å²) in [6.45, 7) is 2.93. The molecule has 3 aromatic rings. The van der Waals surface area contributed by atoms with Gasteiger partial charge in [0.25, 0.3) is 0 Å². The number of nitrogens with zero attached hydrogens (tertiary/aromatic N) is 1. The predicted molar refractivity (Wildman–Crippen MR) is 82.7 cm³/mol. The van der Waals surface area contributed by atoms with Gasteiger partial charge in [0.15, 0.2) is 0 Å². The Balaban J connectivity index is 2.17. The molecule has 4 heteroatoms. The third kappa shape index (κ3) is 2.61. The molecule has 114 valence electrons. The Labute approximate surface area is 127 Å². The minimum absolute atomic E-state index is 0.223. The number of fused-ring (bicyclic) bond motifs is 1. The van der Waals surface area contributed by atoms with Crippen LogP contribution in [0.15, 0.2) is 54.7 Å². The van der Waals surface area contributed by atoms with E-state index < -0.39 is 11.7 Å². The smallest absolute Gasteiger partial charge is 0.347 e. The Hall–Kier alpha value is -2.23. The predicted octanol–water partition coefficient (Wildman–Crippen LogP) is 5.74. The summed E-state index contributed by atoms with van der Waals surface area (Å²) in [5.74, 6) is 0. The van der Waals surface area contributed by atoms with Crippen LogP contribution in [0.25, 0.3) is 22.0 Å². The summed E-state index contributed by atoms with van der Waals surface area (Å²) < 4.78 is 41.6. The average Bonchev–Trinajstić information content (AvgIpc) is 2.89. The highest BCUT2D eigenvalue weighted by atomic mass is 19.4. The van der Waals surface area contributed by atoms with E-state index in [1.54, 1.807) is 12.1 Å². The molecule has 1 nitrogen and oxygen atoms in total. The molecule has 0 bridgehead atoms. The van der Waals surface area contributed by atoms with Gasteiger partial charge in [0.1, 0.15) is 0 Å². The Kier molecular flexibility index (Phi) is 3.69. The third-order valence-corrected chi connectivity index (χ3v) is 3.78. The van der Waals surface area contributed by atoms with Crippen LogP contribution in [-0.4, -0.2) is 4.57 Å². The largest absolute Gasteiger partial charge is 0.417 e. The maximum atomic E-state index is 13.2. The Morgan fingerprint density at radius 2 is 1.77 bits per heavy atom. The molecule has 3 rings (SSSR count). The number of aryl methyl sites for hydroxylation is 1. The molecule has 2 aromatic carbocycles. The highest BCUT2D eigenvalue weighted by Gasteiger charge is 2.33. The number of alkyl halides is 3. The molecular formula is C18H16F3N. The van der Waals surface area contributed by atoms with Gasteiger partial charge in [-0.2, -0.15) is 13.2 Å². The fourth-order valence-corrected chi connectivity index (χ4v) is 2.77. The first-order valence-corrected chi connectivity index (χ1v) is 7.26. The topological polar surface area (TPSA) is 4.93 Å². The van der Waals surface area contributed by atoms with Crippen molar-refractivity contribution in [2.75, 3.05) is 0 Å². The number of hydrogen-bond acceptors (Lipinski definition) is 0. The first kappa shape index (κ1) is 14.7. The first-order valence-electron chi connectivity index (χ1n) is 7.26. The maximum absolute atomic E-state index is 13.2. The molecule has 0 aliphatic heterocycles. The van der Waals surface area contributed by atoms with Crippen LogP contribution in [0.2, 0.25) is 0 Å². The number of rotatable bonds is 3. The van der Waals surface area contributed by atoms with E-state index in [-0.39, 0.29) is 5.56 Å². The van der Waals surface area contributed by atoms with Crippen molar-refractivity contribution < 1.29 is 13.2 Å². The molecule has 0 fully saturated rings. The van der Waals surface area contributed by atoms with E-state index in [0.717, 1.165) is 29.9 Å². The summed E-state index contributed by atoms with van der Waals surface area (Å²) in [4.78, 5) is 0. The molecule has 0 aliphatic rings. The van der Waals surface area contributed by atoms with Gasteiger partial charge < -0.3 is 4.57 Å². The number of hydrogen-bond donors (Lipinski definition) is 0. The van der Waals surface area contributed by atoms with Gasteiger partial charge in [-0.05, 0) is 41.1 Å². The number of halogens is 3. The molecule has 0 unspecified atom stereocenters. The summed E-state index contributed by atoms with van der Waals surface area (Å²) in [5.41, 5.74) is 1.19. The van der Waals surface area contributed by atoms with Crippen molar-refractivity contribution in [3.05, 3.63) is 60.3 Å². The molecule has 1 aromatic heterocycles. The van der Waals surface area contributed by atoms with Crippen molar-refractivity contribution in [1.82, 2.24) is 4.57 Å². The van der Waals surface area contributed by atoms with Gasteiger partial charge in [0, 0.05) is 18.3 Å². The Morgan fingerprint density at radius 1 is 1.00 bits per heavy atom. The second-order valence-corrected chi connectivity index (χ2v) is 5.33. The SMILES string of the molecule is CCCn1ccc2ccc(-c3ccccc3C(F)(F)F)cc21. The molecule has 22 heavy (non-hydrogen) atoms. The molecule has 0 N–H and O–H groups in total. The summed E-state index contributed by atoms with van der Waals surface area (Å²) in [7, 11) is 0. The quantitative estimate of drug-likeness (QED) is 0.581. The van der Waals surface area contributed by atoms with Gasteiger partial charge in [-0.3, -0.25) is 0 Å². The number of benzene rings is 2. The van der Waals surface area contributed by atoms with Gasteiger partial charge in [-0.15, -0.1) is 0 Å². The van der Waals surface area contributed by atoms with Crippen LogP contribution in [0, 0.1) is 0 Å². The van der Waals surface area contributed by atoms with Crippen LogP contribution in [0.3, 0.4) is 0 Å². The Bertz CT molecular complexity index is 799. The van der Waals surface area contributed by atoms with Crippen LogP contribution in [-0.2, 0) is 12.7 Å². The van der Waals surface area contributed by atoms with Gasteiger partial charge in [-0.1, -0.05) is 37.3 Å². The van der Waals surface area contributed by atoms with E-state index in [9.17, 15) is 13.2 Å². The van der Waals surface area contributed by atoms with E-state index in [0.29, 0.717) is 5.56 Å². The fourth-order valence-electron chi connectivity index (χ4n) is 2.77. The lowest BCUT2D eigenvalue weighted by molar-refractivity contribution is -0.137. The van der Waals surface area contributed by atoms with Crippen LogP contribution >= 0.6 is 0 Å². The van der Waals surface area contributed by atoms with Crippen LogP contribution in [0.5, 0.6) is 0 Å². The van der Waals surface area contributed by atoms with Gasteiger partial charge in [-0.25, -0.2) is 0 Å². The Morgan fingerprint density at radius 3 is 2.50 bits per heavy atom. The van der Waals surface area contributed by atoms with E-state index in [2.05, 4.69) is 11.5 Å². The maximum Gasteiger partial charge on any atom is 0.417 e. The standard InChI is InChI=1S/C18H16F3N/c1-2-10-22-11-9-13-7-8-14(12-17(13)22)15-5-3-4-6-16(15)18(19,20)21/h3-9,11-12H,2,10H2,1H3. The van der Waals surface area contributed by atoms with E-state index in [4.69, 9.17) is 0 Å². The lowest BCUT2D eigenvalue weighted by atomic mass is 9.98. The zero-order valence-electron chi connectivity index (χ0n) is 12.2. The lowest BCUT2D eigenvalue weighted by Gasteiger charge is -2.13. The van der Waals surface area contributed by atoms with Gasteiger partial charge >= 0.3 is 6.18 Å². The molecular weight excluding hydrogens is 287 g/mol. The fraction of sp³-hybridized carbons (Fsp3) is 0.222.